The van der Waals surface area contributed by atoms with E-state index in [1.54, 1.807) is 12.3 Å². The highest BCUT2D eigenvalue weighted by molar-refractivity contribution is 6.12. The molecule has 0 saturated carbocycles. The van der Waals surface area contributed by atoms with Gasteiger partial charge in [-0.15, -0.1) is 0 Å². The molecule has 98 valence electrons. The van der Waals surface area contributed by atoms with Gasteiger partial charge in [0.05, 0.1) is 5.56 Å². The number of carbonyl (C=O) groups excluding carboxylic acids is 1. The van der Waals surface area contributed by atoms with Gasteiger partial charge in [-0.3, -0.25) is 4.79 Å². The van der Waals surface area contributed by atoms with E-state index in [1.165, 1.54) is 0 Å². The molecule has 0 aliphatic rings. The number of hydrogen-bond donors (Lipinski definition) is 1. The standard InChI is InChI=1S/C16H18N2O/c1-11(2)18-16-14(9-6-10-17-16)15(19)13-8-5-4-7-12(13)3/h4-11H,1-3H3,(H,17,18). The topological polar surface area (TPSA) is 42.0 Å². The molecule has 0 radical (unpaired) electrons. The molecule has 0 aliphatic heterocycles. The van der Waals surface area contributed by atoms with Gasteiger partial charge in [0, 0.05) is 17.8 Å². The van der Waals surface area contributed by atoms with Gasteiger partial charge in [-0.1, -0.05) is 24.3 Å². The number of nitrogens with one attached hydrogen (secondary N) is 1. The lowest BCUT2D eigenvalue weighted by molar-refractivity contribution is 0.103. The minimum atomic E-state index is 0.00866. The number of benzene rings is 1. The summed E-state index contributed by atoms with van der Waals surface area (Å²) in [5.74, 6) is 0.653. The summed E-state index contributed by atoms with van der Waals surface area (Å²) in [6.45, 7) is 5.99. The Hall–Kier alpha value is -2.16. The Balaban J connectivity index is 2.42. The molecule has 0 amide bonds. The van der Waals surface area contributed by atoms with Crippen LogP contribution < -0.4 is 5.32 Å². The first-order valence-electron chi connectivity index (χ1n) is 6.41. The van der Waals surface area contributed by atoms with Crippen LogP contribution >= 0.6 is 0 Å². The lowest BCUT2D eigenvalue weighted by Crippen LogP contribution is -2.15. The van der Waals surface area contributed by atoms with Gasteiger partial charge in [-0.05, 0) is 38.5 Å². The molecule has 0 fully saturated rings. The molecule has 2 rings (SSSR count). The normalized spacial score (nSPS) is 10.5. The highest BCUT2D eigenvalue weighted by atomic mass is 16.1. The van der Waals surface area contributed by atoms with Crippen LogP contribution in [0.4, 0.5) is 5.82 Å². The molecule has 0 unspecified atom stereocenters. The van der Waals surface area contributed by atoms with Crippen LogP contribution in [0.25, 0.3) is 0 Å². The van der Waals surface area contributed by atoms with Crippen LogP contribution in [-0.4, -0.2) is 16.8 Å². The van der Waals surface area contributed by atoms with E-state index in [1.807, 2.05) is 51.1 Å². The molecule has 2 aromatic rings. The summed E-state index contributed by atoms with van der Waals surface area (Å²) in [6.07, 6.45) is 1.69. The second-order valence-corrected chi connectivity index (χ2v) is 4.84. The zero-order valence-corrected chi connectivity index (χ0v) is 11.5. The first-order valence-corrected chi connectivity index (χ1v) is 6.41. The molecule has 1 heterocycles. The van der Waals surface area contributed by atoms with Gasteiger partial charge in [0.1, 0.15) is 5.82 Å². The van der Waals surface area contributed by atoms with E-state index in [-0.39, 0.29) is 11.8 Å². The van der Waals surface area contributed by atoms with Gasteiger partial charge in [0.15, 0.2) is 5.78 Å². The van der Waals surface area contributed by atoms with Gasteiger partial charge < -0.3 is 5.32 Å². The van der Waals surface area contributed by atoms with E-state index < -0.39 is 0 Å². The third-order valence-corrected chi connectivity index (χ3v) is 2.87. The molecule has 1 N–H and O–H groups in total. The summed E-state index contributed by atoms with van der Waals surface area (Å²) in [4.78, 5) is 16.9. The van der Waals surface area contributed by atoms with Crippen LogP contribution in [0.2, 0.25) is 0 Å². The molecule has 1 aromatic carbocycles. The minimum absolute atomic E-state index is 0.00866. The third-order valence-electron chi connectivity index (χ3n) is 2.87. The summed E-state index contributed by atoms with van der Waals surface area (Å²) >= 11 is 0. The van der Waals surface area contributed by atoms with Crippen LogP contribution in [0.5, 0.6) is 0 Å². The number of carbonyl (C=O) groups is 1. The average Bonchev–Trinajstić information content (AvgIpc) is 2.38. The Morgan fingerprint density at radius 2 is 1.79 bits per heavy atom. The molecule has 0 spiro atoms. The van der Waals surface area contributed by atoms with Crippen molar-refractivity contribution in [2.75, 3.05) is 5.32 Å². The van der Waals surface area contributed by atoms with Gasteiger partial charge >= 0.3 is 0 Å². The number of aryl methyl sites for hydroxylation is 1. The van der Waals surface area contributed by atoms with Crippen molar-refractivity contribution in [3.8, 4) is 0 Å². The Morgan fingerprint density at radius 1 is 1.11 bits per heavy atom. The maximum atomic E-state index is 12.6. The number of aromatic nitrogens is 1. The summed E-state index contributed by atoms with van der Waals surface area (Å²) < 4.78 is 0. The van der Waals surface area contributed by atoms with Crippen molar-refractivity contribution < 1.29 is 4.79 Å². The number of anilines is 1. The molecule has 0 atom stereocenters. The zero-order chi connectivity index (χ0) is 13.8. The Labute approximate surface area is 113 Å². The van der Waals surface area contributed by atoms with Crippen molar-refractivity contribution in [3.05, 3.63) is 59.3 Å². The lowest BCUT2D eigenvalue weighted by atomic mass is 9.99. The SMILES string of the molecule is Cc1ccccc1C(=O)c1cccnc1NC(C)C. The van der Waals surface area contributed by atoms with E-state index >= 15 is 0 Å². The average molecular weight is 254 g/mol. The second-order valence-electron chi connectivity index (χ2n) is 4.84. The number of nitrogens with zero attached hydrogens (tertiary/aromatic N) is 1. The predicted octanol–water partition coefficient (Wildman–Crippen LogP) is 3.44. The van der Waals surface area contributed by atoms with Crippen molar-refractivity contribution in [2.24, 2.45) is 0 Å². The molecular formula is C16H18N2O. The summed E-state index contributed by atoms with van der Waals surface area (Å²) in [5.41, 5.74) is 2.32. The van der Waals surface area contributed by atoms with Gasteiger partial charge in [-0.2, -0.15) is 0 Å². The number of pyridine rings is 1. The fraction of sp³-hybridized carbons (Fsp3) is 0.250. The van der Waals surface area contributed by atoms with Crippen molar-refractivity contribution in [1.29, 1.82) is 0 Å². The molecule has 3 nitrogen and oxygen atoms in total. The van der Waals surface area contributed by atoms with Crippen molar-refractivity contribution in [1.82, 2.24) is 4.98 Å². The van der Waals surface area contributed by atoms with Crippen molar-refractivity contribution >= 4 is 11.6 Å². The van der Waals surface area contributed by atoms with E-state index in [0.29, 0.717) is 11.4 Å². The molecule has 1 aromatic heterocycles. The maximum Gasteiger partial charge on any atom is 0.197 e. The van der Waals surface area contributed by atoms with Gasteiger partial charge in [-0.25, -0.2) is 4.98 Å². The fourth-order valence-corrected chi connectivity index (χ4v) is 1.95. The zero-order valence-electron chi connectivity index (χ0n) is 11.5. The van der Waals surface area contributed by atoms with Gasteiger partial charge in [0.2, 0.25) is 0 Å². The smallest absolute Gasteiger partial charge is 0.197 e. The van der Waals surface area contributed by atoms with Crippen molar-refractivity contribution in [2.45, 2.75) is 26.8 Å². The van der Waals surface area contributed by atoms with Crippen LogP contribution in [0.15, 0.2) is 42.6 Å². The molecule has 0 aliphatic carbocycles. The molecule has 19 heavy (non-hydrogen) atoms. The van der Waals surface area contributed by atoms with Gasteiger partial charge in [0.25, 0.3) is 0 Å². The molecule has 0 saturated heterocycles. The fourth-order valence-electron chi connectivity index (χ4n) is 1.95. The van der Waals surface area contributed by atoms with Crippen LogP contribution in [0.1, 0.15) is 35.3 Å². The second kappa shape index (κ2) is 5.65. The number of ketones is 1. The van der Waals surface area contributed by atoms with Crippen molar-refractivity contribution in [3.63, 3.8) is 0 Å². The number of rotatable bonds is 4. The predicted molar refractivity (Wildman–Crippen MR) is 77.6 cm³/mol. The van der Waals surface area contributed by atoms with E-state index in [0.717, 1.165) is 11.1 Å². The van der Waals surface area contributed by atoms with E-state index in [9.17, 15) is 4.79 Å². The summed E-state index contributed by atoms with van der Waals surface area (Å²) in [7, 11) is 0. The first kappa shape index (κ1) is 13.3. The van der Waals surface area contributed by atoms with Crippen LogP contribution in [0.3, 0.4) is 0 Å². The van der Waals surface area contributed by atoms with Crippen LogP contribution in [-0.2, 0) is 0 Å². The highest BCUT2D eigenvalue weighted by Crippen LogP contribution is 2.19. The number of hydrogen-bond acceptors (Lipinski definition) is 3. The van der Waals surface area contributed by atoms with E-state index in [2.05, 4.69) is 10.3 Å². The maximum absolute atomic E-state index is 12.6. The Morgan fingerprint density at radius 3 is 2.47 bits per heavy atom. The summed E-state index contributed by atoms with van der Waals surface area (Å²) in [5, 5.41) is 3.21. The first-order chi connectivity index (χ1) is 9.09. The Bertz CT molecular complexity index is 591. The molecule has 3 heteroatoms. The monoisotopic (exact) mass is 254 g/mol. The quantitative estimate of drug-likeness (QED) is 0.850. The highest BCUT2D eigenvalue weighted by Gasteiger charge is 2.16. The van der Waals surface area contributed by atoms with Crippen LogP contribution in [0, 0.1) is 6.92 Å². The third kappa shape index (κ3) is 2.99. The van der Waals surface area contributed by atoms with E-state index in [4.69, 9.17) is 0 Å². The largest absolute Gasteiger partial charge is 0.367 e. The minimum Gasteiger partial charge on any atom is -0.367 e. The molecule has 0 bridgehead atoms. The summed E-state index contributed by atoms with van der Waals surface area (Å²) in [6, 6.07) is 11.4. The lowest BCUT2D eigenvalue weighted by Gasteiger charge is -2.13. The Kier molecular flexibility index (Phi) is 3.95. The molecular weight excluding hydrogens is 236 g/mol.